The summed E-state index contributed by atoms with van der Waals surface area (Å²) in [5, 5.41) is 0. The number of halogens is 2. The fraction of sp³-hybridized carbons (Fsp3) is 0.385. The summed E-state index contributed by atoms with van der Waals surface area (Å²) in [6.07, 6.45) is 5.12. The molecule has 2 unspecified atom stereocenters. The molecule has 0 N–H and O–H groups in total. The largest absolute Gasteiger partial charge is 1.00 e. The maximum atomic E-state index is 2.69. The first-order valence-corrected chi connectivity index (χ1v) is 25.1. The molecule has 0 fully saturated rings. The zero-order valence-electron chi connectivity index (χ0n) is 18.8. The van der Waals surface area contributed by atoms with Gasteiger partial charge in [0, 0.05) is 0 Å². The third-order valence-corrected chi connectivity index (χ3v) is 37.0. The molecule has 0 amide bonds. The molecule has 2 aromatic rings. The van der Waals surface area contributed by atoms with Crippen LogP contribution in [0.4, 0.5) is 0 Å². The van der Waals surface area contributed by atoms with Gasteiger partial charge in [-0.25, -0.2) is 0 Å². The summed E-state index contributed by atoms with van der Waals surface area (Å²) in [7, 11) is -1.07. The quantitative estimate of drug-likeness (QED) is 0.482. The van der Waals surface area contributed by atoms with E-state index in [0.29, 0.717) is 11.8 Å². The third kappa shape index (κ3) is 4.66. The van der Waals surface area contributed by atoms with Gasteiger partial charge in [-0.2, -0.15) is 0 Å². The Kier molecular flexibility index (Phi) is 9.33. The van der Waals surface area contributed by atoms with Crippen LogP contribution >= 0.6 is 0 Å². The van der Waals surface area contributed by atoms with Crippen molar-refractivity contribution in [1.82, 2.24) is 0 Å². The first-order valence-electron chi connectivity index (χ1n) is 10.7. The molecule has 2 aliphatic rings. The van der Waals surface area contributed by atoms with Crippen LogP contribution in [-0.4, -0.2) is 9.98 Å². The second-order valence-electron chi connectivity index (χ2n) is 9.18. The molecule has 0 bridgehead atoms. The standard InChI is InChI=1S/2C12H13.C2H6Ge.2ClH.Zr/c2*1-9(2)12-7-10-5-3-4-6-11(10)8-12;1-3-2;;;/h2*3-9H,1-2H3;1-2H3;2*1H;/q;;;;;+2/p-2. The summed E-state index contributed by atoms with van der Waals surface area (Å²) in [4.78, 5) is 0. The Morgan fingerprint density at radius 1 is 0.667 bits per heavy atom. The molecule has 4 heteroatoms. The molecule has 0 saturated heterocycles. The monoisotopic (exact) mass is 578 g/mol. The molecule has 0 saturated carbocycles. The van der Waals surface area contributed by atoms with Gasteiger partial charge in [-0.1, -0.05) is 0 Å². The molecule has 0 spiro atoms. The van der Waals surface area contributed by atoms with Gasteiger partial charge in [-0.15, -0.1) is 0 Å². The van der Waals surface area contributed by atoms with Crippen LogP contribution in [0.15, 0.2) is 59.7 Å². The maximum absolute atomic E-state index is 2.69. The number of rotatable bonds is 4. The van der Waals surface area contributed by atoms with Crippen LogP contribution in [0.3, 0.4) is 0 Å². The van der Waals surface area contributed by atoms with E-state index in [4.69, 9.17) is 0 Å². The van der Waals surface area contributed by atoms with Crippen LogP contribution in [0.1, 0.15) is 57.2 Å². The Morgan fingerprint density at radius 2 is 1.03 bits per heavy atom. The molecule has 2 atom stereocenters. The molecular weight excluding hydrogens is 547 g/mol. The van der Waals surface area contributed by atoms with E-state index in [1.165, 1.54) is 11.1 Å². The van der Waals surface area contributed by atoms with Gasteiger partial charge in [0.2, 0.25) is 0 Å². The zero-order chi connectivity index (χ0) is 20.0. The van der Waals surface area contributed by atoms with Gasteiger partial charge in [0.25, 0.3) is 0 Å². The molecule has 158 valence electrons. The first-order chi connectivity index (χ1) is 13.4. The van der Waals surface area contributed by atoms with E-state index in [9.17, 15) is 0 Å². The molecule has 2 aliphatic carbocycles. The Morgan fingerprint density at radius 3 is 1.37 bits per heavy atom. The maximum Gasteiger partial charge on any atom is -1.00 e. The average Bonchev–Trinajstić information content (AvgIpc) is 3.22. The van der Waals surface area contributed by atoms with Crippen molar-refractivity contribution in [3.05, 3.63) is 81.9 Å². The first kappa shape index (κ1) is 26.2. The minimum Gasteiger partial charge on any atom is -1.00 e. The van der Waals surface area contributed by atoms with Crippen molar-refractivity contribution in [2.45, 2.75) is 46.5 Å². The summed E-state index contributed by atoms with van der Waals surface area (Å²) in [6.45, 7) is 9.66. The van der Waals surface area contributed by atoms with E-state index in [2.05, 4.69) is 99.9 Å². The van der Waals surface area contributed by atoms with Gasteiger partial charge in [0.1, 0.15) is 0 Å². The molecule has 0 nitrogen and oxygen atoms in total. The number of allylic oxidation sites excluding steroid dienone is 2. The van der Waals surface area contributed by atoms with Crippen molar-refractivity contribution in [2.75, 3.05) is 0 Å². The average molecular weight is 579 g/mol. The minimum absolute atomic E-state index is 0. The van der Waals surface area contributed by atoms with E-state index in [1.54, 1.807) is 22.3 Å². The van der Waals surface area contributed by atoms with Crippen LogP contribution in [0.25, 0.3) is 12.2 Å². The fourth-order valence-electron chi connectivity index (χ4n) is 5.13. The molecule has 0 heterocycles. The second kappa shape index (κ2) is 10.7. The van der Waals surface area contributed by atoms with Gasteiger partial charge >= 0.3 is 181 Å². The number of benzene rings is 2. The summed E-state index contributed by atoms with van der Waals surface area (Å²) in [5.74, 6) is 6.67. The predicted molar refractivity (Wildman–Crippen MR) is 121 cm³/mol. The van der Waals surface area contributed by atoms with Crippen molar-refractivity contribution in [3.63, 3.8) is 0 Å². The van der Waals surface area contributed by atoms with Crippen LogP contribution in [-0.2, 0) is 18.6 Å². The van der Waals surface area contributed by atoms with Crippen LogP contribution < -0.4 is 24.8 Å². The third-order valence-electron chi connectivity index (χ3n) is 6.46. The van der Waals surface area contributed by atoms with E-state index in [0.717, 1.165) is 7.25 Å². The Balaban J connectivity index is 0.00000160. The molecule has 30 heavy (non-hydrogen) atoms. The second-order valence-corrected chi connectivity index (χ2v) is 38.4. The van der Waals surface area contributed by atoms with E-state index >= 15 is 0 Å². The van der Waals surface area contributed by atoms with E-state index in [-0.39, 0.29) is 24.8 Å². The normalized spacial score (nSPS) is 18.5. The van der Waals surface area contributed by atoms with Gasteiger partial charge < -0.3 is 24.8 Å². The van der Waals surface area contributed by atoms with Crippen molar-refractivity contribution in [1.29, 1.82) is 0 Å². The Hall–Kier alpha value is -0.0740. The molecule has 4 rings (SSSR count). The van der Waals surface area contributed by atoms with Crippen LogP contribution in [0, 0.1) is 11.8 Å². The number of fused-ring (bicyclic) bond motifs is 2. The van der Waals surface area contributed by atoms with Crippen LogP contribution in [0.5, 0.6) is 0 Å². The molecule has 0 aliphatic heterocycles. The predicted octanol–water partition coefficient (Wildman–Crippen LogP) is 1.45. The van der Waals surface area contributed by atoms with Gasteiger partial charge in [0.05, 0.1) is 0 Å². The Bertz CT molecular complexity index is 938. The molecule has 2 aromatic carbocycles. The van der Waals surface area contributed by atoms with Gasteiger partial charge in [0.15, 0.2) is 0 Å². The SMILES string of the molecule is CC(C)C1=Cc2ccccc2[CH]1[Zr+2]([CH]1C(C(C)C)=Cc2ccccc21)=[Ge]([CH3])[CH3].[Cl-].[Cl-]. The summed E-state index contributed by atoms with van der Waals surface area (Å²) in [5.41, 5.74) is 9.85. The van der Waals surface area contributed by atoms with Crippen molar-refractivity contribution in [2.24, 2.45) is 11.8 Å². The molecule has 0 radical (unpaired) electrons. The van der Waals surface area contributed by atoms with E-state index in [1.807, 2.05) is 0 Å². The number of hydrogen-bond acceptors (Lipinski definition) is 0. The van der Waals surface area contributed by atoms with Crippen molar-refractivity contribution < 1.29 is 43.4 Å². The Labute approximate surface area is 204 Å². The zero-order valence-corrected chi connectivity index (χ0v) is 24.9. The topological polar surface area (TPSA) is 0 Å². The van der Waals surface area contributed by atoms with Gasteiger partial charge in [-0.05, 0) is 0 Å². The van der Waals surface area contributed by atoms with E-state index < -0.39 is 28.6 Å². The summed E-state index contributed by atoms with van der Waals surface area (Å²) >= 11 is -1.84. The van der Waals surface area contributed by atoms with Crippen LogP contribution in [0.2, 0.25) is 11.5 Å². The minimum atomic E-state index is -1.84. The van der Waals surface area contributed by atoms with Gasteiger partial charge in [-0.3, -0.25) is 0 Å². The van der Waals surface area contributed by atoms with Crippen molar-refractivity contribution in [3.8, 4) is 0 Å². The summed E-state index contributed by atoms with van der Waals surface area (Å²) in [6, 6.07) is 18.6. The molecule has 0 aromatic heterocycles. The smallest absolute Gasteiger partial charge is 1.00 e. The molecular formula is C26H32Cl2GeZr. The number of hydrogen-bond donors (Lipinski definition) is 0. The van der Waals surface area contributed by atoms with Crippen molar-refractivity contribution >= 4 is 22.1 Å². The summed E-state index contributed by atoms with van der Waals surface area (Å²) < 4.78 is 1.56. The fourth-order valence-corrected chi connectivity index (χ4v) is 37.9.